The zero-order chi connectivity index (χ0) is 18.4. The Balaban J connectivity index is 1.61. The summed E-state index contributed by atoms with van der Waals surface area (Å²) in [6.45, 7) is 7.92. The fourth-order valence-electron chi connectivity index (χ4n) is 2.59. The van der Waals surface area contributed by atoms with Crippen molar-refractivity contribution >= 4 is 22.7 Å². The van der Waals surface area contributed by atoms with Gasteiger partial charge in [-0.15, -0.1) is 0 Å². The van der Waals surface area contributed by atoms with E-state index < -0.39 is 0 Å². The minimum atomic E-state index is -0.187. The molecule has 0 aliphatic heterocycles. The average Bonchev–Trinajstić information content (AvgIpc) is 2.66. The van der Waals surface area contributed by atoms with Gasteiger partial charge < -0.3 is 19.9 Å². The van der Waals surface area contributed by atoms with Crippen molar-refractivity contribution in [1.82, 2.24) is 19.9 Å². The highest BCUT2D eigenvalue weighted by Gasteiger charge is 2.03. The standard InChI is InChI=1S/C19H23N5O2/c1-3-24(4-2)11-12-26-16-8-6-15(7-9-16)21-19-20-13-14-5-10-17(25)22-18(14)23-19/h5-10,13H,3-4,11-12H2,1-2H3,(H2,20,21,22,23,25). The van der Waals surface area contributed by atoms with E-state index in [1.165, 1.54) is 6.07 Å². The van der Waals surface area contributed by atoms with E-state index in [1.807, 2.05) is 24.3 Å². The summed E-state index contributed by atoms with van der Waals surface area (Å²) in [5, 5.41) is 3.91. The van der Waals surface area contributed by atoms with Crippen molar-refractivity contribution in [3.63, 3.8) is 0 Å². The number of ether oxygens (including phenoxy) is 1. The molecule has 0 amide bonds. The topological polar surface area (TPSA) is 83.1 Å². The first-order valence-corrected chi connectivity index (χ1v) is 8.76. The molecule has 3 rings (SSSR count). The van der Waals surface area contributed by atoms with Crippen LogP contribution in [0, 0.1) is 0 Å². The molecule has 0 aliphatic carbocycles. The van der Waals surface area contributed by atoms with E-state index in [1.54, 1.807) is 12.3 Å². The molecule has 2 aromatic heterocycles. The van der Waals surface area contributed by atoms with Gasteiger partial charge in [-0.1, -0.05) is 13.8 Å². The normalized spacial score (nSPS) is 11.0. The summed E-state index contributed by atoms with van der Waals surface area (Å²) in [5.74, 6) is 1.25. The lowest BCUT2D eigenvalue weighted by Gasteiger charge is -2.18. The van der Waals surface area contributed by atoms with E-state index in [2.05, 4.69) is 39.0 Å². The van der Waals surface area contributed by atoms with Gasteiger partial charge >= 0.3 is 0 Å². The van der Waals surface area contributed by atoms with Gasteiger partial charge in [0.15, 0.2) is 0 Å². The van der Waals surface area contributed by atoms with Crippen LogP contribution in [0.15, 0.2) is 47.4 Å². The fourth-order valence-corrected chi connectivity index (χ4v) is 2.59. The van der Waals surface area contributed by atoms with Crippen LogP contribution in [0.1, 0.15) is 13.8 Å². The first-order valence-electron chi connectivity index (χ1n) is 8.76. The monoisotopic (exact) mass is 353 g/mol. The Morgan fingerprint density at radius 3 is 2.62 bits per heavy atom. The molecule has 0 unspecified atom stereocenters. The summed E-state index contributed by atoms with van der Waals surface area (Å²) in [6, 6.07) is 10.8. The van der Waals surface area contributed by atoms with Crippen LogP contribution >= 0.6 is 0 Å². The number of likely N-dealkylation sites (N-methyl/N-ethyl adjacent to an activating group) is 1. The third-order valence-corrected chi connectivity index (χ3v) is 4.15. The summed E-state index contributed by atoms with van der Waals surface area (Å²) < 4.78 is 5.78. The van der Waals surface area contributed by atoms with Gasteiger partial charge in [0.1, 0.15) is 18.0 Å². The lowest BCUT2D eigenvalue weighted by atomic mass is 10.3. The van der Waals surface area contributed by atoms with Crippen molar-refractivity contribution in [2.75, 3.05) is 31.6 Å². The molecule has 7 nitrogen and oxygen atoms in total. The summed E-state index contributed by atoms with van der Waals surface area (Å²) in [6.07, 6.45) is 1.67. The third kappa shape index (κ3) is 4.58. The molecule has 2 heterocycles. The van der Waals surface area contributed by atoms with E-state index >= 15 is 0 Å². The molecule has 0 saturated heterocycles. The molecule has 1 aromatic carbocycles. The number of aromatic amines is 1. The first kappa shape index (κ1) is 17.9. The molecular formula is C19H23N5O2. The number of rotatable bonds is 8. The van der Waals surface area contributed by atoms with E-state index in [0.29, 0.717) is 18.2 Å². The summed E-state index contributed by atoms with van der Waals surface area (Å²) in [7, 11) is 0. The van der Waals surface area contributed by atoms with E-state index in [0.717, 1.165) is 36.5 Å². The van der Waals surface area contributed by atoms with Gasteiger partial charge in [0.25, 0.3) is 0 Å². The van der Waals surface area contributed by atoms with Crippen LogP contribution in [-0.4, -0.2) is 46.1 Å². The van der Waals surface area contributed by atoms with Gasteiger partial charge in [-0.2, -0.15) is 4.98 Å². The minimum absolute atomic E-state index is 0.187. The number of nitrogens with one attached hydrogen (secondary N) is 2. The van der Waals surface area contributed by atoms with Gasteiger partial charge in [-0.05, 0) is 43.4 Å². The number of pyridine rings is 1. The van der Waals surface area contributed by atoms with Gasteiger partial charge in [0.05, 0.1) is 0 Å². The van der Waals surface area contributed by atoms with E-state index in [9.17, 15) is 4.79 Å². The average molecular weight is 353 g/mol. The molecule has 0 fully saturated rings. The van der Waals surface area contributed by atoms with Crippen molar-refractivity contribution < 1.29 is 4.74 Å². The molecule has 0 bridgehead atoms. The molecule has 0 spiro atoms. The lowest BCUT2D eigenvalue weighted by Crippen LogP contribution is -2.27. The highest BCUT2D eigenvalue weighted by Crippen LogP contribution is 2.19. The van der Waals surface area contributed by atoms with Crippen molar-refractivity contribution in [3.05, 3.63) is 52.9 Å². The van der Waals surface area contributed by atoms with Crippen LogP contribution in [0.5, 0.6) is 5.75 Å². The summed E-state index contributed by atoms with van der Waals surface area (Å²) >= 11 is 0. The van der Waals surface area contributed by atoms with Crippen LogP contribution in [0.2, 0.25) is 0 Å². The maximum Gasteiger partial charge on any atom is 0.249 e. The van der Waals surface area contributed by atoms with E-state index in [-0.39, 0.29) is 5.56 Å². The van der Waals surface area contributed by atoms with Crippen LogP contribution in [0.4, 0.5) is 11.6 Å². The number of hydrogen-bond acceptors (Lipinski definition) is 6. The molecular weight excluding hydrogens is 330 g/mol. The smallest absolute Gasteiger partial charge is 0.249 e. The van der Waals surface area contributed by atoms with Gasteiger partial charge in [0, 0.05) is 29.9 Å². The molecule has 3 aromatic rings. The Bertz CT molecular complexity index is 904. The second-order valence-electron chi connectivity index (χ2n) is 5.84. The molecule has 0 saturated carbocycles. The zero-order valence-corrected chi connectivity index (χ0v) is 15.0. The highest BCUT2D eigenvalue weighted by atomic mass is 16.5. The summed E-state index contributed by atoms with van der Waals surface area (Å²) in [5.41, 5.74) is 1.17. The number of nitrogens with zero attached hydrogens (tertiary/aromatic N) is 3. The van der Waals surface area contributed by atoms with Crippen molar-refractivity contribution in [3.8, 4) is 5.75 Å². The van der Waals surface area contributed by atoms with Crippen molar-refractivity contribution in [2.24, 2.45) is 0 Å². The van der Waals surface area contributed by atoms with Crippen LogP contribution in [-0.2, 0) is 0 Å². The van der Waals surface area contributed by atoms with Crippen LogP contribution in [0.3, 0.4) is 0 Å². The molecule has 0 atom stereocenters. The number of benzene rings is 1. The fraction of sp³-hybridized carbons (Fsp3) is 0.316. The highest BCUT2D eigenvalue weighted by molar-refractivity contribution is 5.74. The van der Waals surface area contributed by atoms with E-state index in [4.69, 9.17) is 4.74 Å². The molecule has 0 radical (unpaired) electrons. The molecule has 0 aliphatic rings. The maximum absolute atomic E-state index is 11.4. The first-order chi connectivity index (χ1) is 12.7. The molecule has 136 valence electrons. The van der Waals surface area contributed by atoms with Gasteiger partial charge in [-0.3, -0.25) is 4.79 Å². The maximum atomic E-state index is 11.4. The van der Waals surface area contributed by atoms with Crippen molar-refractivity contribution in [2.45, 2.75) is 13.8 Å². The van der Waals surface area contributed by atoms with Crippen LogP contribution in [0.25, 0.3) is 11.0 Å². The number of hydrogen-bond donors (Lipinski definition) is 2. The SMILES string of the molecule is CCN(CC)CCOc1ccc(Nc2ncc3ccc(=O)[nH]c3n2)cc1. The van der Waals surface area contributed by atoms with Gasteiger partial charge in [-0.25, -0.2) is 4.98 Å². The zero-order valence-electron chi connectivity index (χ0n) is 15.0. The largest absolute Gasteiger partial charge is 0.492 e. The number of H-pyrrole nitrogens is 1. The quantitative estimate of drug-likeness (QED) is 0.648. The number of fused-ring (bicyclic) bond motifs is 1. The number of anilines is 2. The minimum Gasteiger partial charge on any atom is -0.492 e. The Hall–Kier alpha value is -2.93. The predicted molar refractivity (Wildman–Crippen MR) is 103 cm³/mol. The Morgan fingerprint density at radius 2 is 1.88 bits per heavy atom. The second kappa shape index (κ2) is 8.44. The number of aromatic nitrogens is 3. The molecule has 7 heteroatoms. The van der Waals surface area contributed by atoms with Gasteiger partial charge in [0.2, 0.25) is 11.5 Å². The van der Waals surface area contributed by atoms with Crippen molar-refractivity contribution in [1.29, 1.82) is 0 Å². The Labute approximate surface area is 152 Å². The Kier molecular flexibility index (Phi) is 5.80. The molecule has 26 heavy (non-hydrogen) atoms. The Morgan fingerprint density at radius 1 is 1.12 bits per heavy atom. The van der Waals surface area contributed by atoms with Crippen LogP contribution < -0.4 is 15.6 Å². The molecule has 2 N–H and O–H groups in total. The lowest BCUT2D eigenvalue weighted by molar-refractivity contribution is 0.223. The third-order valence-electron chi connectivity index (χ3n) is 4.15. The predicted octanol–water partition coefficient (Wildman–Crippen LogP) is 2.78. The summed E-state index contributed by atoms with van der Waals surface area (Å²) in [4.78, 5) is 25.0. The second-order valence-corrected chi connectivity index (χ2v) is 5.84.